The molecule has 2 aromatic carbocycles. The molecule has 2 amide bonds. The molecule has 0 bridgehead atoms. The van der Waals surface area contributed by atoms with Crippen LogP contribution in [0.15, 0.2) is 42.5 Å². The topological polar surface area (TPSA) is 96.0 Å². The number of hydrogen-bond acceptors (Lipinski definition) is 5. The lowest BCUT2D eigenvalue weighted by Crippen LogP contribution is -2.52. The minimum Gasteiger partial charge on any atom is -0.497 e. The van der Waals surface area contributed by atoms with E-state index in [1.807, 2.05) is 52.0 Å². The van der Waals surface area contributed by atoms with Gasteiger partial charge in [0, 0.05) is 13.1 Å². The number of ether oxygens (including phenoxy) is 1. The van der Waals surface area contributed by atoms with Crippen molar-refractivity contribution in [1.29, 1.82) is 0 Å². The average molecular weight is 490 g/mol. The molecular weight excluding hydrogens is 454 g/mol. The summed E-state index contributed by atoms with van der Waals surface area (Å²) in [6.45, 7) is 7.51. The van der Waals surface area contributed by atoms with Gasteiger partial charge in [-0.25, -0.2) is 8.42 Å². The van der Waals surface area contributed by atoms with Crippen LogP contribution in [0.25, 0.3) is 0 Å². The third kappa shape index (κ3) is 6.96. The van der Waals surface area contributed by atoms with Gasteiger partial charge in [-0.05, 0) is 56.5 Å². The van der Waals surface area contributed by atoms with Gasteiger partial charge in [0.1, 0.15) is 18.3 Å². The van der Waals surface area contributed by atoms with Crippen LogP contribution in [0, 0.1) is 13.8 Å². The minimum absolute atomic E-state index is 0.135. The molecule has 9 heteroatoms. The molecule has 2 aromatic rings. The monoisotopic (exact) mass is 489 g/mol. The van der Waals surface area contributed by atoms with Crippen LogP contribution in [-0.4, -0.2) is 57.6 Å². The number of likely N-dealkylation sites (N-methyl/N-ethyl adjacent to an activating group) is 1. The highest BCUT2D eigenvalue weighted by molar-refractivity contribution is 7.92. The number of carbonyl (C=O) groups is 2. The van der Waals surface area contributed by atoms with Crippen LogP contribution in [0.2, 0.25) is 0 Å². The maximum absolute atomic E-state index is 13.6. The lowest BCUT2D eigenvalue weighted by atomic mass is 10.1. The smallest absolute Gasteiger partial charge is 0.244 e. The van der Waals surface area contributed by atoms with Gasteiger partial charge in [0.25, 0.3) is 0 Å². The first-order valence-electron chi connectivity index (χ1n) is 11.3. The number of nitrogens with one attached hydrogen (secondary N) is 1. The molecule has 0 aromatic heterocycles. The van der Waals surface area contributed by atoms with Crippen LogP contribution in [0.3, 0.4) is 0 Å². The summed E-state index contributed by atoms with van der Waals surface area (Å²) in [6, 6.07) is 11.9. The van der Waals surface area contributed by atoms with E-state index in [0.29, 0.717) is 24.4 Å². The fraction of sp³-hybridized carbons (Fsp3) is 0.440. The lowest BCUT2D eigenvalue weighted by Gasteiger charge is -2.33. The van der Waals surface area contributed by atoms with E-state index in [2.05, 4.69) is 5.32 Å². The predicted molar refractivity (Wildman–Crippen MR) is 134 cm³/mol. The molecule has 0 fully saturated rings. The number of carbonyl (C=O) groups excluding carboxylic acids is 2. The van der Waals surface area contributed by atoms with Gasteiger partial charge in [-0.1, -0.05) is 36.8 Å². The number of sulfonamides is 1. The number of methoxy groups -OCH3 is 1. The van der Waals surface area contributed by atoms with Gasteiger partial charge in [-0.15, -0.1) is 0 Å². The van der Waals surface area contributed by atoms with Crippen LogP contribution in [-0.2, 0) is 26.2 Å². The molecule has 0 aliphatic rings. The zero-order valence-electron chi connectivity index (χ0n) is 20.8. The van der Waals surface area contributed by atoms with Crippen LogP contribution >= 0.6 is 0 Å². The minimum atomic E-state index is -3.76. The van der Waals surface area contributed by atoms with E-state index < -0.39 is 28.5 Å². The second-order valence-corrected chi connectivity index (χ2v) is 10.2. The predicted octanol–water partition coefficient (Wildman–Crippen LogP) is 3.02. The maximum Gasteiger partial charge on any atom is 0.244 e. The Morgan fingerprint density at radius 2 is 1.79 bits per heavy atom. The summed E-state index contributed by atoms with van der Waals surface area (Å²) < 4.78 is 31.8. The molecule has 0 saturated carbocycles. The van der Waals surface area contributed by atoms with Gasteiger partial charge >= 0.3 is 0 Å². The van der Waals surface area contributed by atoms with Gasteiger partial charge in [-0.2, -0.15) is 0 Å². The Morgan fingerprint density at radius 1 is 1.09 bits per heavy atom. The summed E-state index contributed by atoms with van der Waals surface area (Å²) in [7, 11) is -2.21. The number of amides is 2. The fourth-order valence-electron chi connectivity index (χ4n) is 3.86. The summed E-state index contributed by atoms with van der Waals surface area (Å²) in [5, 5.41) is 2.78. The highest BCUT2D eigenvalue weighted by Gasteiger charge is 2.32. The fourth-order valence-corrected chi connectivity index (χ4v) is 4.77. The Morgan fingerprint density at radius 3 is 2.35 bits per heavy atom. The lowest BCUT2D eigenvalue weighted by molar-refractivity contribution is -0.140. The first-order chi connectivity index (χ1) is 16.0. The molecule has 0 spiro atoms. The zero-order valence-corrected chi connectivity index (χ0v) is 21.6. The highest BCUT2D eigenvalue weighted by atomic mass is 32.2. The number of nitrogens with zero attached hydrogens (tertiary/aromatic N) is 2. The molecule has 1 atom stereocenters. The van der Waals surface area contributed by atoms with E-state index >= 15 is 0 Å². The van der Waals surface area contributed by atoms with Crippen molar-refractivity contribution in [3.05, 3.63) is 59.2 Å². The van der Waals surface area contributed by atoms with Crippen molar-refractivity contribution in [2.45, 2.75) is 46.7 Å². The third-order valence-electron chi connectivity index (χ3n) is 5.52. The van der Waals surface area contributed by atoms with E-state index in [9.17, 15) is 18.0 Å². The Balaban J connectivity index is 2.47. The summed E-state index contributed by atoms with van der Waals surface area (Å²) in [5.41, 5.74) is 2.94. The second kappa shape index (κ2) is 11.9. The van der Waals surface area contributed by atoms with Crippen molar-refractivity contribution in [2.24, 2.45) is 0 Å². The SMILES string of the molecule is CCNC(=O)[C@@H](CC)N(Cc1cccc(OC)c1)C(=O)CN(c1ccc(C)cc1C)S(C)(=O)=O. The quantitative estimate of drug-likeness (QED) is 0.523. The average Bonchev–Trinajstić information content (AvgIpc) is 2.77. The molecule has 8 nitrogen and oxygen atoms in total. The first kappa shape index (κ1) is 27.2. The third-order valence-corrected chi connectivity index (χ3v) is 6.65. The molecule has 34 heavy (non-hydrogen) atoms. The summed E-state index contributed by atoms with van der Waals surface area (Å²) in [5.74, 6) is -0.117. The van der Waals surface area contributed by atoms with Gasteiger partial charge in [0.2, 0.25) is 21.8 Å². The van der Waals surface area contributed by atoms with Gasteiger partial charge in [-0.3, -0.25) is 13.9 Å². The molecule has 1 N–H and O–H groups in total. The zero-order chi connectivity index (χ0) is 25.5. The molecular formula is C25H35N3O5S. The second-order valence-electron chi connectivity index (χ2n) is 8.25. The number of aryl methyl sites for hydroxylation is 2. The Hall–Kier alpha value is -3.07. The van der Waals surface area contributed by atoms with Crippen LogP contribution in [0.4, 0.5) is 5.69 Å². The van der Waals surface area contributed by atoms with Crippen LogP contribution in [0.5, 0.6) is 5.75 Å². The number of hydrogen-bond donors (Lipinski definition) is 1. The van der Waals surface area contributed by atoms with E-state index in [1.54, 1.807) is 25.3 Å². The Kier molecular flexibility index (Phi) is 9.49. The summed E-state index contributed by atoms with van der Waals surface area (Å²) in [4.78, 5) is 27.9. The van der Waals surface area contributed by atoms with Crippen molar-refractivity contribution in [2.75, 3.05) is 30.8 Å². The molecule has 0 unspecified atom stereocenters. The molecule has 0 saturated heterocycles. The molecule has 186 valence electrons. The standard InChI is InChI=1S/C25H35N3O5S/c1-7-22(25(30)26-8-2)27(16-20-10-9-11-21(15-20)33-5)24(29)17-28(34(6,31)32)23-13-12-18(3)14-19(23)4/h9-15,22H,7-8,16-17H2,1-6H3,(H,26,30)/t22-/m1/s1. The van der Waals surface area contributed by atoms with Crippen molar-refractivity contribution in [3.63, 3.8) is 0 Å². The van der Waals surface area contributed by atoms with E-state index in [1.165, 1.54) is 4.90 Å². The van der Waals surface area contributed by atoms with Gasteiger partial charge in [0.15, 0.2) is 0 Å². The summed E-state index contributed by atoms with van der Waals surface area (Å²) >= 11 is 0. The van der Waals surface area contributed by atoms with Crippen molar-refractivity contribution < 1.29 is 22.7 Å². The summed E-state index contributed by atoms with van der Waals surface area (Å²) in [6.07, 6.45) is 1.46. The van der Waals surface area contributed by atoms with E-state index in [4.69, 9.17) is 4.74 Å². The molecule has 0 aliphatic heterocycles. The van der Waals surface area contributed by atoms with E-state index in [-0.39, 0.29) is 12.5 Å². The molecule has 2 rings (SSSR count). The number of benzene rings is 2. The van der Waals surface area contributed by atoms with Crippen molar-refractivity contribution in [1.82, 2.24) is 10.2 Å². The largest absolute Gasteiger partial charge is 0.497 e. The molecule has 0 aliphatic carbocycles. The Bertz CT molecular complexity index is 1120. The molecule has 0 radical (unpaired) electrons. The highest BCUT2D eigenvalue weighted by Crippen LogP contribution is 2.25. The van der Waals surface area contributed by atoms with Crippen molar-refractivity contribution >= 4 is 27.5 Å². The normalized spacial score (nSPS) is 12.1. The van der Waals surface area contributed by atoms with E-state index in [0.717, 1.165) is 27.3 Å². The first-order valence-corrected chi connectivity index (χ1v) is 13.1. The van der Waals surface area contributed by atoms with Crippen LogP contribution < -0.4 is 14.4 Å². The maximum atomic E-state index is 13.6. The number of rotatable bonds is 11. The van der Waals surface area contributed by atoms with Crippen molar-refractivity contribution in [3.8, 4) is 5.75 Å². The van der Waals surface area contributed by atoms with Gasteiger partial charge in [0.05, 0.1) is 19.1 Å². The molecule has 0 heterocycles. The van der Waals surface area contributed by atoms with Gasteiger partial charge < -0.3 is 15.0 Å². The number of anilines is 1. The Labute approximate surface area is 202 Å². The van der Waals surface area contributed by atoms with Crippen LogP contribution in [0.1, 0.15) is 37.0 Å².